The highest BCUT2D eigenvalue weighted by molar-refractivity contribution is 5.83. The first-order valence-corrected chi connectivity index (χ1v) is 9.55. The van der Waals surface area contributed by atoms with Gasteiger partial charge in [-0.3, -0.25) is 4.99 Å². The molecule has 0 aliphatic carbocycles. The Morgan fingerprint density at radius 3 is 2.76 bits per heavy atom. The summed E-state index contributed by atoms with van der Waals surface area (Å²) >= 11 is 0. The molecule has 8 heteroatoms. The van der Waals surface area contributed by atoms with Gasteiger partial charge in [-0.05, 0) is 59.5 Å². The van der Waals surface area contributed by atoms with E-state index in [1.165, 1.54) is 11.1 Å². The number of aromatic amines is 2. The summed E-state index contributed by atoms with van der Waals surface area (Å²) in [6, 6.07) is 12.4. The van der Waals surface area contributed by atoms with Crippen molar-refractivity contribution in [2.75, 3.05) is 0 Å². The number of benzene rings is 1. The summed E-state index contributed by atoms with van der Waals surface area (Å²) in [5.74, 6) is 1.46. The molecule has 4 aromatic rings. The molecule has 0 saturated carbocycles. The number of tetrazole rings is 1. The third kappa shape index (κ3) is 3.08. The molecule has 0 fully saturated rings. The van der Waals surface area contributed by atoms with Crippen molar-refractivity contribution in [2.45, 2.75) is 25.3 Å². The maximum Gasteiger partial charge on any atom is 0.221 e. The first-order valence-electron chi connectivity index (χ1n) is 9.55. The van der Waals surface area contributed by atoms with Gasteiger partial charge < -0.3 is 9.55 Å². The molecule has 0 saturated heterocycles. The molecule has 0 radical (unpaired) electrons. The molecule has 1 aliphatic heterocycles. The number of nitrogens with one attached hydrogen (secondary N) is 2. The lowest BCUT2D eigenvalue weighted by atomic mass is 9.94. The van der Waals surface area contributed by atoms with Gasteiger partial charge >= 0.3 is 0 Å². The lowest BCUT2D eigenvalue weighted by Crippen LogP contribution is -2.19. The van der Waals surface area contributed by atoms with E-state index in [0.29, 0.717) is 5.82 Å². The summed E-state index contributed by atoms with van der Waals surface area (Å²) < 4.78 is 2.05. The minimum absolute atomic E-state index is 0.372. The molecule has 29 heavy (non-hydrogen) atoms. The van der Waals surface area contributed by atoms with E-state index in [-0.39, 0.29) is 5.54 Å². The van der Waals surface area contributed by atoms with Crippen molar-refractivity contribution in [3.05, 3.63) is 78.0 Å². The molecule has 2 N–H and O–H groups in total. The van der Waals surface area contributed by atoms with Crippen molar-refractivity contribution in [3.63, 3.8) is 0 Å². The van der Waals surface area contributed by atoms with Crippen LogP contribution in [0.15, 0.2) is 71.6 Å². The molecule has 3 aromatic heterocycles. The lowest BCUT2D eigenvalue weighted by molar-refractivity contribution is 0.522. The van der Waals surface area contributed by atoms with Gasteiger partial charge in [0.1, 0.15) is 11.4 Å². The minimum Gasteiger partial charge on any atom is -0.346 e. The van der Waals surface area contributed by atoms with Crippen molar-refractivity contribution in [1.82, 2.24) is 35.2 Å². The van der Waals surface area contributed by atoms with Crippen LogP contribution < -0.4 is 0 Å². The van der Waals surface area contributed by atoms with Crippen LogP contribution >= 0.6 is 0 Å². The van der Waals surface area contributed by atoms with Crippen molar-refractivity contribution >= 4 is 6.21 Å². The molecule has 0 amide bonds. The molecule has 144 valence electrons. The van der Waals surface area contributed by atoms with Gasteiger partial charge in [0, 0.05) is 30.5 Å². The fourth-order valence-corrected chi connectivity index (χ4v) is 3.74. The van der Waals surface area contributed by atoms with Crippen LogP contribution in [-0.2, 0) is 12.0 Å². The maximum atomic E-state index is 4.77. The van der Waals surface area contributed by atoms with Gasteiger partial charge in [-0.1, -0.05) is 19.1 Å². The van der Waals surface area contributed by atoms with E-state index in [2.05, 4.69) is 67.9 Å². The number of hydrogen-bond acceptors (Lipinski definition) is 5. The Labute approximate surface area is 167 Å². The van der Waals surface area contributed by atoms with Gasteiger partial charge in [-0.15, -0.1) is 10.2 Å². The number of imidazole rings is 1. The molecule has 8 nitrogen and oxygen atoms in total. The van der Waals surface area contributed by atoms with E-state index in [1.807, 2.05) is 35.3 Å². The second kappa shape index (κ2) is 6.97. The number of H-pyrrole nitrogens is 2. The molecule has 1 aromatic carbocycles. The Balaban J connectivity index is 1.37. The highest BCUT2D eigenvalue weighted by Gasteiger charge is 2.32. The predicted octanol–water partition coefficient (Wildman–Crippen LogP) is 3.24. The van der Waals surface area contributed by atoms with E-state index in [1.54, 1.807) is 6.20 Å². The molecular weight excluding hydrogens is 364 g/mol. The topological polar surface area (TPSA) is 100 Å². The van der Waals surface area contributed by atoms with E-state index < -0.39 is 0 Å². The summed E-state index contributed by atoms with van der Waals surface area (Å²) in [5.41, 5.74) is 3.99. The quantitative estimate of drug-likeness (QED) is 0.533. The van der Waals surface area contributed by atoms with Crippen LogP contribution in [0.4, 0.5) is 0 Å². The standard InChI is InChI=1S/C21H20N8/c1-2-21(20-22-9-10-23-20)13-16(14-24-21)12-15-5-7-17(8-6-15)29-11-3-4-18(29)19-25-27-28-26-19/h3-11,13-14H,2,12H2,1H3,(H,22,23)(H,25,26,27,28). The normalized spacial score (nSPS) is 18.3. The van der Waals surface area contributed by atoms with E-state index in [0.717, 1.165) is 30.0 Å². The van der Waals surface area contributed by atoms with Crippen LogP contribution in [0.3, 0.4) is 0 Å². The summed E-state index contributed by atoms with van der Waals surface area (Å²) in [4.78, 5) is 12.4. The second-order valence-corrected chi connectivity index (χ2v) is 7.04. The predicted molar refractivity (Wildman–Crippen MR) is 110 cm³/mol. The van der Waals surface area contributed by atoms with E-state index >= 15 is 0 Å². The van der Waals surface area contributed by atoms with Crippen LogP contribution in [0.25, 0.3) is 17.2 Å². The third-order valence-electron chi connectivity index (χ3n) is 5.28. The zero-order chi connectivity index (χ0) is 19.7. The number of hydrogen-bond donors (Lipinski definition) is 2. The first kappa shape index (κ1) is 17.3. The summed E-state index contributed by atoms with van der Waals surface area (Å²) in [5, 5.41) is 14.3. The van der Waals surface area contributed by atoms with Gasteiger partial charge in [-0.2, -0.15) is 5.21 Å². The molecule has 1 unspecified atom stereocenters. The van der Waals surface area contributed by atoms with Crippen LogP contribution in [0, 0.1) is 0 Å². The molecular formula is C21H20N8. The first-order chi connectivity index (χ1) is 14.3. The molecule has 0 bridgehead atoms. The van der Waals surface area contributed by atoms with Gasteiger partial charge in [0.2, 0.25) is 5.82 Å². The number of rotatable bonds is 6. The lowest BCUT2D eigenvalue weighted by Gasteiger charge is -2.19. The zero-order valence-corrected chi connectivity index (χ0v) is 15.9. The fraction of sp³-hybridized carbons (Fsp3) is 0.190. The van der Waals surface area contributed by atoms with Crippen LogP contribution in [0.2, 0.25) is 0 Å². The van der Waals surface area contributed by atoms with Crippen LogP contribution in [-0.4, -0.2) is 41.4 Å². The number of allylic oxidation sites excluding steroid dienone is 1. The third-order valence-corrected chi connectivity index (χ3v) is 5.28. The van der Waals surface area contributed by atoms with Gasteiger partial charge in [0.25, 0.3) is 0 Å². The van der Waals surface area contributed by atoms with Crippen molar-refractivity contribution in [2.24, 2.45) is 4.99 Å². The fourth-order valence-electron chi connectivity index (χ4n) is 3.74. The average molecular weight is 384 g/mol. The molecule has 4 heterocycles. The van der Waals surface area contributed by atoms with Crippen molar-refractivity contribution < 1.29 is 0 Å². The number of aliphatic imine (C=N–C) groups is 1. The van der Waals surface area contributed by atoms with Crippen LogP contribution in [0.1, 0.15) is 24.7 Å². The summed E-state index contributed by atoms with van der Waals surface area (Å²) in [7, 11) is 0. The smallest absolute Gasteiger partial charge is 0.221 e. The Kier molecular flexibility index (Phi) is 4.16. The Bertz CT molecular complexity index is 1150. The highest BCUT2D eigenvalue weighted by atomic mass is 15.5. The largest absolute Gasteiger partial charge is 0.346 e. The second-order valence-electron chi connectivity index (χ2n) is 7.04. The summed E-state index contributed by atoms with van der Waals surface area (Å²) in [6.07, 6.45) is 11.5. The van der Waals surface area contributed by atoms with Crippen LogP contribution in [0.5, 0.6) is 0 Å². The number of nitrogens with zero attached hydrogens (tertiary/aromatic N) is 6. The zero-order valence-electron chi connectivity index (χ0n) is 15.9. The number of aromatic nitrogens is 7. The van der Waals surface area contributed by atoms with E-state index in [9.17, 15) is 0 Å². The van der Waals surface area contributed by atoms with Gasteiger partial charge in [0.15, 0.2) is 0 Å². The Morgan fingerprint density at radius 1 is 1.14 bits per heavy atom. The van der Waals surface area contributed by atoms with Gasteiger partial charge in [-0.25, -0.2) is 4.98 Å². The molecule has 5 rings (SSSR count). The Hall–Kier alpha value is -3.81. The average Bonchev–Trinajstić information content (AvgIpc) is 3.55. The van der Waals surface area contributed by atoms with Gasteiger partial charge in [0.05, 0.1) is 5.69 Å². The maximum absolute atomic E-state index is 4.77. The monoisotopic (exact) mass is 384 g/mol. The summed E-state index contributed by atoms with van der Waals surface area (Å²) in [6.45, 7) is 2.13. The molecule has 0 spiro atoms. The SMILES string of the molecule is CCC1(c2ncc[nH]2)C=C(Cc2ccc(-n3cccc3-c3nn[nH]n3)cc2)C=N1. The van der Waals surface area contributed by atoms with E-state index in [4.69, 9.17) is 4.99 Å². The highest BCUT2D eigenvalue weighted by Crippen LogP contribution is 2.34. The van der Waals surface area contributed by atoms with Crippen molar-refractivity contribution in [3.8, 4) is 17.2 Å². The Morgan fingerprint density at radius 2 is 2.03 bits per heavy atom. The molecule has 1 atom stereocenters. The minimum atomic E-state index is -0.372. The molecule has 1 aliphatic rings. The van der Waals surface area contributed by atoms with Crippen molar-refractivity contribution in [1.29, 1.82) is 0 Å².